The van der Waals surface area contributed by atoms with Gasteiger partial charge in [-0.15, -0.1) is 0 Å². The topological polar surface area (TPSA) is 30.5 Å². The third kappa shape index (κ3) is 5.93. The van der Waals surface area contributed by atoms with Crippen LogP contribution in [-0.2, 0) is 4.74 Å². The molecule has 1 rings (SSSR count). The fourth-order valence-corrected chi connectivity index (χ4v) is 2.04. The van der Waals surface area contributed by atoms with E-state index in [1.54, 1.807) is 0 Å². The molecule has 1 unspecified atom stereocenters. The van der Waals surface area contributed by atoms with Crippen LogP contribution in [0.2, 0.25) is 0 Å². The Bertz CT molecular complexity index is 410. The first-order chi connectivity index (χ1) is 9.33. The van der Waals surface area contributed by atoms with Crippen molar-refractivity contribution in [1.82, 2.24) is 5.32 Å². The second kappa shape index (κ2) is 7.65. The van der Waals surface area contributed by atoms with Crippen molar-refractivity contribution in [3.8, 4) is 5.75 Å². The molecule has 1 N–H and O–H groups in total. The maximum absolute atomic E-state index is 5.92. The first-order valence-corrected chi connectivity index (χ1v) is 7.44. The van der Waals surface area contributed by atoms with Gasteiger partial charge in [0.15, 0.2) is 0 Å². The normalized spacial score (nSPS) is 13.3. The number of benzene rings is 1. The van der Waals surface area contributed by atoms with Crippen LogP contribution in [0.3, 0.4) is 0 Å². The largest absolute Gasteiger partial charge is 0.491 e. The predicted molar refractivity (Wildman–Crippen MR) is 84.5 cm³/mol. The molecule has 0 fully saturated rings. The highest BCUT2D eigenvalue weighted by Gasteiger charge is 2.12. The summed E-state index contributed by atoms with van der Waals surface area (Å²) in [5.74, 6) is 0.955. The second-order valence-electron chi connectivity index (χ2n) is 6.13. The van der Waals surface area contributed by atoms with Gasteiger partial charge in [0.2, 0.25) is 0 Å². The number of hydrogen-bond donors (Lipinski definition) is 1. The van der Waals surface area contributed by atoms with E-state index in [0.717, 1.165) is 12.3 Å². The first kappa shape index (κ1) is 17.0. The number of rotatable bonds is 7. The van der Waals surface area contributed by atoms with Gasteiger partial charge >= 0.3 is 0 Å². The van der Waals surface area contributed by atoms with Crippen LogP contribution >= 0.6 is 0 Å². The Kier molecular flexibility index (Phi) is 6.50. The zero-order chi connectivity index (χ0) is 15.2. The summed E-state index contributed by atoms with van der Waals surface area (Å²) in [4.78, 5) is 0. The fourth-order valence-electron chi connectivity index (χ4n) is 2.04. The van der Waals surface area contributed by atoms with E-state index in [0.29, 0.717) is 19.3 Å². The molecule has 114 valence electrons. The molecule has 3 heteroatoms. The molecular weight excluding hydrogens is 250 g/mol. The van der Waals surface area contributed by atoms with Crippen LogP contribution < -0.4 is 10.1 Å². The van der Waals surface area contributed by atoms with Crippen molar-refractivity contribution in [2.24, 2.45) is 0 Å². The molecule has 0 radical (unpaired) electrons. The zero-order valence-electron chi connectivity index (χ0n) is 13.7. The molecule has 0 saturated carbocycles. The highest BCUT2D eigenvalue weighted by atomic mass is 16.5. The summed E-state index contributed by atoms with van der Waals surface area (Å²) in [6.45, 7) is 14.6. The third-order valence-corrected chi connectivity index (χ3v) is 3.02. The van der Waals surface area contributed by atoms with E-state index in [2.05, 4.69) is 65.1 Å². The van der Waals surface area contributed by atoms with E-state index in [1.807, 2.05) is 0 Å². The number of hydrogen-bond acceptors (Lipinski definition) is 3. The minimum Gasteiger partial charge on any atom is -0.491 e. The van der Waals surface area contributed by atoms with Gasteiger partial charge in [-0.2, -0.15) is 0 Å². The van der Waals surface area contributed by atoms with Crippen molar-refractivity contribution in [1.29, 1.82) is 0 Å². The molecule has 1 atom stereocenters. The molecule has 1 aromatic carbocycles. The highest BCUT2D eigenvalue weighted by Crippen LogP contribution is 2.26. The van der Waals surface area contributed by atoms with Gasteiger partial charge in [-0.25, -0.2) is 0 Å². The molecule has 0 saturated heterocycles. The van der Waals surface area contributed by atoms with Gasteiger partial charge in [0.25, 0.3) is 0 Å². The molecule has 20 heavy (non-hydrogen) atoms. The Hall–Kier alpha value is -1.06. The van der Waals surface area contributed by atoms with E-state index < -0.39 is 0 Å². The van der Waals surface area contributed by atoms with Crippen LogP contribution in [0.1, 0.15) is 51.8 Å². The van der Waals surface area contributed by atoms with Crippen molar-refractivity contribution in [2.75, 3.05) is 19.8 Å². The monoisotopic (exact) mass is 279 g/mol. The van der Waals surface area contributed by atoms with E-state index >= 15 is 0 Å². The van der Waals surface area contributed by atoms with Crippen LogP contribution in [0, 0.1) is 6.92 Å². The predicted octanol–water partition coefficient (Wildman–Crippen LogP) is 3.86. The van der Waals surface area contributed by atoms with Crippen molar-refractivity contribution < 1.29 is 9.47 Å². The molecule has 0 spiro atoms. The maximum Gasteiger partial charge on any atom is 0.124 e. The standard InChI is InChI=1S/C17H29NO2/c1-7-18-14(3)15-9-8-13(2)12-16(15)19-10-11-20-17(4,5)6/h8-9,12,14,18H,7,10-11H2,1-6H3. The summed E-state index contributed by atoms with van der Waals surface area (Å²) in [5.41, 5.74) is 2.30. The summed E-state index contributed by atoms with van der Waals surface area (Å²) in [6.07, 6.45) is 0. The lowest BCUT2D eigenvalue weighted by atomic mass is 10.0. The Labute approximate surface area is 123 Å². The molecule has 0 aromatic heterocycles. The molecular formula is C17H29NO2. The van der Waals surface area contributed by atoms with Crippen LogP contribution in [0.5, 0.6) is 5.75 Å². The van der Waals surface area contributed by atoms with Crippen molar-refractivity contribution in [3.05, 3.63) is 29.3 Å². The van der Waals surface area contributed by atoms with E-state index in [4.69, 9.17) is 9.47 Å². The zero-order valence-corrected chi connectivity index (χ0v) is 13.7. The lowest BCUT2D eigenvalue weighted by Crippen LogP contribution is -2.23. The van der Waals surface area contributed by atoms with Gasteiger partial charge in [0, 0.05) is 11.6 Å². The average Bonchev–Trinajstić information content (AvgIpc) is 2.34. The van der Waals surface area contributed by atoms with Gasteiger partial charge in [-0.05, 0) is 52.8 Å². The highest BCUT2D eigenvalue weighted by molar-refractivity contribution is 5.39. The minimum atomic E-state index is -0.115. The fraction of sp³-hybridized carbons (Fsp3) is 0.647. The van der Waals surface area contributed by atoms with Crippen LogP contribution in [0.15, 0.2) is 18.2 Å². The lowest BCUT2D eigenvalue weighted by molar-refractivity contribution is -0.0164. The quantitative estimate of drug-likeness (QED) is 0.769. The molecule has 3 nitrogen and oxygen atoms in total. The SMILES string of the molecule is CCNC(C)c1ccc(C)cc1OCCOC(C)(C)C. The molecule has 0 aliphatic carbocycles. The van der Waals surface area contributed by atoms with Crippen molar-refractivity contribution in [2.45, 2.75) is 53.2 Å². The van der Waals surface area contributed by atoms with Crippen LogP contribution in [0.25, 0.3) is 0 Å². The van der Waals surface area contributed by atoms with E-state index in [-0.39, 0.29) is 5.60 Å². The third-order valence-electron chi connectivity index (χ3n) is 3.02. The smallest absolute Gasteiger partial charge is 0.124 e. The minimum absolute atomic E-state index is 0.115. The molecule has 0 aliphatic heterocycles. The van der Waals surface area contributed by atoms with Crippen molar-refractivity contribution in [3.63, 3.8) is 0 Å². The Balaban J connectivity index is 2.65. The maximum atomic E-state index is 5.92. The van der Waals surface area contributed by atoms with Crippen LogP contribution in [-0.4, -0.2) is 25.4 Å². The molecule has 0 aliphatic rings. The van der Waals surface area contributed by atoms with Crippen molar-refractivity contribution >= 4 is 0 Å². The lowest BCUT2D eigenvalue weighted by Gasteiger charge is -2.21. The number of aryl methyl sites for hydroxylation is 1. The number of ether oxygens (including phenoxy) is 2. The summed E-state index contributed by atoms with van der Waals surface area (Å²) >= 11 is 0. The van der Waals surface area contributed by atoms with E-state index in [9.17, 15) is 0 Å². The Morgan fingerprint density at radius 1 is 1.20 bits per heavy atom. The van der Waals surface area contributed by atoms with Gasteiger partial charge in [-0.1, -0.05) is 19.1 Å². The molecule has 0 heterocycles. The first-order valence-electron chi connectivity index (χ1n) is 7.44. The Morgan fingerprint density at radius 2 is 1.90 bits per heavy atom. The summed E-state index contributed by atoms with van der Waals surface area (Å²) in [5, 5.41) is 3.43. The van der Waals surface area contributed by atoms with Gasteiger partial charge in [0.1, 0.15) is 12.4 Å². The Morgan fingerprint density at radius 3 is 2.50 bits per heavy atom. The molecule has 0 bridgehead atoms. The molecule has 1 aromatic rings. The average molecular weight is 279 g/mol. The van der Waals surface area contributed by atoms with Gasteiger partial charge in [0.05, 0.1) is 12.2 Å². The van der Waals surface area contributed by atoms with Crippen LogP contribution in [0.4, 0.5) is 0 Å². The molecule has 0 amide bonds. The van der Waals surface area contributed by atoms with Gasteiger partial charge < -0.3 is 14.8 Å². The van der Waals surface area contributed by atoms with E-state index in [1.165, 1.54) is 11.1 Å². The summed E-state index contributed by atoms with van der Waals surface area (Å²) in [7, 11) is 0. The second-order valence-corrected chi connectivity index (χ2v) is 6.13. The number of nitrogens with one attached hydrogen (secondary N) is 1. The van der Waals surface area contributed by atoms with Gasteiger partial charge in [-0.3, -0.25) is 0 Å². The summed E-state index contributed by atoms with van der Waals surface area (Å²) in [6, 6.07) is 6.66. The summed E-state index contributed by atoms with van der Waals surface area (Å²) < 4.78 is 11.6.